The van der Waals surface area contributed by atoms with Gasteiger partial charge in [0.2, 0.25) is 0 Å². The Morgan fingerprint density at radius 1 is 1.16 bits per heavy atom. The second-order valence-electron chi connectivity index (χ2n) is 9.20. The van der Waals surface area contributed by atoms with E-state index in [0.29, 0.717) is 18.2 Å². The normalized spacial score (nSPS) is 17.7. The first-order valence-corrected chi connectivity index (χ1v) is 11.4. The number of hydrogen-bond acceptors (Lipinski definition) is 3. The molecule has 2 aromatic carbocycles. The Bertz CT molecular complexity index is 1140. The first-order chi connectivity index (χ1) is 15.5. The summed E-state index contributed by atoms with van der Waals surface area (Å²) in [6.07, 6.45) is 6.85. The molecule has 0 radical (unpaired) electrons. The van der Waals surface area contributed by atoms with Crippen LogP contribution in [0.25, 0.3) is 10.9 Å². The summed E-state index contributed by atoms with van der Waals surface area (Å²) < 4.78 is 21.8. The van der Waals surface area contributed by atoms with Crippen molar-refractivity contribution >= 4 is 16.9 Å². The molecule has 0 unspecified atom stereocenters. The summed E-state index contributed by atoms with van der Waals surface area (Å²) in [5, 5.41) is 10.5. The summed E-state index contributed by atoms with van der Waals surface area (Å²) in [5.41, 5.74) is 3.51. The van der Waals surface area contributed by atoms with Gasteiger partial charge in [0, 0.05) is 35.8 Å². The molecule has 1 aromatic heterocycles. The smallest absolute Gasteiger partial charge is 0.339 e. The van der Waals surface area contributed by atoms with Crippen LogP contribution in [0.15, 0.2) is 42.6 Å². The largest absolute Gasteiger partial charge is 0.496 e. The summed E-state index contributed by atoms with van der Waals surface area (Å²) in [5.74, 6) is 0.467. The lowest BCUT2D eigenvalue weighted by Crippen LogP contribution is -2.32. The van der Waals surface area contributed by atoms with Crippen molar-refractivity contribution in [3.8, 4) is 5.75 Å². The molecule has 1 N–H and O–H groups in total. The van der Waals surface area contributed by atoms with E-state index in [1.165, 1.54) is 25.5 Å². The van der Waals surface area contributed by atoms with Crippen molar-refractivity contribution in [3.63, 3.8) is 0 Å². The van der Waals surface area contributed by atoms with E-state index < -0.39 is 5.97 Å². The van der Waals surface area contributed by atoms with Gasteiger partial charge in [0.25, 0.3) is 0 Å². The van der Waals surface area contributed by atoms with Crippen LogP contribution >= 0.6 is 0 Å². The number of benzene rings is 2. The highest BCUT2D eigenvalue weighted by molar-refractivity contribution is 5.91. The van der Waals surface area contributed by atoms with Crippen LogP contribution in [0.2, 0.25) is 0 Å². The van der Waals surface area contributed by atoms with E-state index in [1.807, 2.05) is 12.1 Å². The fourth-order valence-electron chi connectivity index (χ4n) is 5.11. The molecule has 0 bridgehead atoms. The molecular formula is C26H29FN2O3. The molecule has 3 aromatic rings. The van der Waals surface area contributed by atoms with Crippen molar-refractivity contribution in [1.82, 2.24) is 9.47 Å². The molecule has 1 aliphatic heterocycles. The van der Waals surface area contributed by atoms with E-state index in [-0.39, 0.29) is 11.4 Å². The highest BCUT2D eigenvalue weighted by atomic mass is 19.1. The predicted octanol–water partition coefficient (Wildman–Crippen LogP) is 5.28. The maximum atomic E-state index is 14.1. The number of halogens is 1. The quantitative estimate of drug-likeness (QED) is 0.548. The summed E-state index contributed by atoms with van der Waals surface area (Å²) in [7, 11) is 1.52. The van der Waals surface area contributed by atoms with Crippen LogP contribution < -0.4 is 4.74 Å². The number of hydrogen-bond donors (Lipinski definition) is 1. The second kappa shape index (κ2) is 8.58. The van der Waals surface area contributed by atoms with Crippen LogP contribution in [0, 0.1) is 11.7 Å². The van der Waals surface area contributed by atoms with Gasteiger partial charge in [-0.15, -0.1) is 0 Å². The first kappa shape index (κ1) is 21.0. The summed E-state index contributed by atoms with van der Waals surface area (Å²) in [6.45, 7) is 3.52. The zero-order chi connectivity index (χ0) is 22.2. The average Bonchev–Trinajstić information content (AvgIpc) is 3.54. The van der Waals surface area contributed by atoms with Crippen molar-refractivity contribution in [2.45, 2.75) is 44.7 Å². The minimum Gasteiger partial charge on any atom is -0.496 e. The third-order valence-electron chi connectivity index (χ3n) is 6.98. The number of piperidine rings is 1. The number of fused-ring (bicyclic) bond motifs is 1. The molecule has 5 nitrogen and oxygen atoms in total. The fraction of sp³-hybridized carbons (Fsp3) is 0.423. The number of nitrogens with zero attached hydrogens (tertiary/aromatic N) is 2. The lowest BCUT2D eigenvalue weighted by molar-refractivity contribution is 0.0693. The van der Waals surface area contributed by atoms with Gasteiger partial charge in [-0.05, 0) is 80.4 Å². The highest BCUT2D eigenvalue weighted by Crippen LogP contribution is 2.38. The monoisotopic (exact) mass is 436 g/mol. The fourth-order valence-corrected chi connectivity index (χ4v) is 5.11. The predicted molar refractivity (Wildman–Crippen MR) is 122 cm³/mol. The Morgan fingerprint density at radius 3 is 2.62 bits per heavy atom. The number of methoxy groups -OCH3 is 1. The number of rotatable bonds is 7. The van der Waals surface area contributed by atoms with Crippen LogP contribution in [0.5, 0.6) is 5.75 Å². The number of carboxylic acids is 1. The molecule has 6 heteroatoms. The second-order valence-corrected chi connectivity index (χ2v) is 9.20. The molecule has 1 saturated carbocycles. The number of para-hydroxylation sites is 1. The van der Waals surface area contributed by atoms with Crippen LogP contribution in [0.1, 0.15) is 53.1 Å². The average molecular weight is 437 g/mol. The van der Waals surface area contributed by atoms with Gasteiger partial charge in [-0.3, -0.25) is 4.90 Å². The number of likely N-dealkylation sites (tertiary alicyclic amines) is 1. The Kier molecular flexibility index (Phi) is 5.64. The minimum atomic E-state index is -0.975. The van der Waals surface area contributed by atoms with E-state index in [4.69, 9.17) is 4.74 Å². The molecule has 1 saturated heterocycles. The third-order valence-corrected chi connectivity index (χ3v) is 6.98. The van der Waals surface area contributed by atoms with Crippen molar-refractivity contribution in [3.05, 3.63) is 65.1 Å². The van der Waals surface area contributed by atoms with E-state index in [1.54, 1.807) is 24.3 Å². The Labute approximate surface area is 187 Å². The standard InChI is InChI=1S/C26H29FN2O3/c1-32-25-19(3-2-4-21(25)26(30)31)15-28-11-9-18(10-12-28)23-16-29(14-17-5-6-17)24-8-7-20(27)13-22(23)24/h2-4,7-8,13,16-18H,5-6,9-12,14-15H2,1H3,(H,30,31). The highest BCUT2D eigenvalue weighted by Gasteiger charge is 2.27. The van der Waals surface area contributed by atoms with Crippen LogP contribution in [0.4, 0.5) is 4.39 Å². The Morgan fingerprint density at radius 2 is 1.94 bits per heavy atom. The van der Waals surface area contributed by atoms with E-state index in [0.717, 1.165) is 54.9 Å². The zero-order valence-electron chi connectivity index (χ0n) is 18.4. The SMILES string of the molecule is COc1c(CN2CCC(c3cn(CC4CC4)c4ccc(F)cc34)CC2)cccc1C(=O)O. The molecule has 1 aliphatic carbocycles. The molecule has 5 rings (SSSR count). The zero-order valence-corrected chi connectivity index (χ0v) is 18.4. The minimum absolute atomic E-state index is 0.175. The van der Waals surface area contributed by atoms with Gasteiger partial charge in [0.1, 0.15) is 17.1 Å². The van der Waals surface area contributed by atoms with Gasteiger partial charge in [0.15, 0.2) is 0 Å². The number of carboxylic acid groups (broad SMARTS) is 1. The molecule has 0 atom stereocenters. The summed E-state index contributed by atoms with van der Waals surface area (Å²) in [4.78, 5) is 13.9. The lowest BCUT2D eigenvalue weighted by atomic mass is 9.89. The van der Waals surface area contributed by atoms with Crippen LogP contribution in [-0.4, -0.2) is 40.7 Å². The molecule has 168 valence electrons. The number of ether oxygens (including phenoxy) is 1. The third kappa shape index (κ3) is 4.11. The maximum absolute atomic E-state index is 14.1. The van der Waals surface area contributed by atoms with Crippen molar-refractivity contribution in [2.75, 3.05) is 20.2 Å². The topological polar surface area (TPSA) is 54.7 Å². The number of aromatic nitrogens is 1. The Hall–Kier alpha value is -2.86. The molecule has 32 heavy (non-hydrogen) atoms. The molecule has 2 heterocycles. The molecular weight excluding hydrogens is 407 g/mol. The summed E-state index contributed by atoms with van der Waals surface area (Å²) in [6, 6.07) is 10.5. The van der Waals surface area contributed by atoms with Crippen molar-refractivity contribution in [1.29, 1.82) is 0 Å². The van der Waals surface area contributed by atoms with Gasteiger partial charge < -0.3 is 14.4 Å². The van der Waals surface area contributed by atoms with Gasteiger partial charge in [-0.1, -0.05) is 12.1 Å². The molecule has 0 amide bonds. The van der Waals surface area contributed by atoms with Crippen LogP contribution in [0.3, 0.4) is 0 Å². The number of aromatic carboxylic acids is 1. The Balaban J connectivity index is 1.32. The van der Waals surface area contributed by atoms with Gasteiger partial charge >= 0.3 is 5.97 Å². The van der Waals surface area contributed by atoms with Crippen molar-refractivity contribution in [2.24, 2.45) is 5.92 Å². The first-order valence-electron chi connectivity index (χ1n) is 11.4. The summed E-state index contributed by atoms with van der Waals surface area (Å²) >= 11 is 0. The van der Waals surface area contributed by atoms with Crippen LogP contribution in [-0.2, 0) is 13.1 Å². The van der Waals surface area contributed by atoms with Gasteiger partial charge in [-0.2, -0.15) is 0 Å². The maximum Gasteiger partial charge on any atom is 0.339 e. The van der Waals surface area contributed by atoms with E-state index in [2.05, 4.69) is 15.7 Å². The van der Waals surface area contributed by atoms with E-state index >= 15 is 0 Å². The molecule has 2 aliphatic rings. The number of carbonyl (C=O) groups is 1. The van der Waals surface area contributed by atoms with E-state index in [9.17, 15) is 14.3 Å². The van der Waals surface area contributed by atoms with Gasteiger partial charge in [-0.25, -0.2) is 9.18 Å². The van der Waals surface area contributed by atoms with Gasteiger partial charge in [0.05, 0.1) is 7.11 Å². The van der Waals surface area contributed by atoms with Crippen molar-refractivity contribution < 1.29 is 19.0 Å². The lowest BCUT2D eigenvalue weighted by Gasteiger charge is -2.32. The molecule has 2 fully saturated rings. The molecule has 0 spiro atoms.